The van der Waals surface area contributed by atoms with Gasteiger partial charge in [0.2, 0.25) is 0 Å². The van der Waals surface area contributed by atoms with Crippen LogP contribution in [0.3, 0.4) is 0 Å². The summed E-state index contributed by atoms with van der Waals surface area (Å²) in [6.45, 7) is 2.24. The average molecular weight is 434 g/mol. The fourth-order valence-electron chi connectivity index (χ4n) is 3.38. The Balaban J connectivity index is 1.73. The molecule has 0 amide bonds. The van der Waals surface area contributed by atoms with E-state index in [9.17, 15) is 20.0 Å². The summed E-state index contributed by atoms with van der Waals surface area (Å²) in [4.78, 5) is 32.3. The van der Waals surface area contributed by atoms with Crippen molar-refractivity contribution in [1.82, 2.24) is 9.97 Å². The molecule has 9 heteroatoms. The van der Waals surface area contributed by atoms with Crippen LogP contribution in [0.4, 0.5) is 11.4 Å². The molecule has 0 saturated carbocycles. The third kappa shape index (κ3) is 4.22. The molecule has 2 aromatic heterocycles. The minimum Gasteiger partial charge on any atom is -0.478 e. The molecule has 4 rings (SSSR count). The molecule has 0 unspecified atom stereocenters. The predicted octanol–water partition coefficient (Wildman–Crippen LogP) is 5.14. The Kier molecular flexibility index (Phi) is 5.59. The fraction of sp³-hybridized carbons (Fsp3) is 0.136. The molecule has 0 aliphatic rings. The second kappa shape index (κ2) is 8.49. The number of benzene rings is 2. The van der Waals surface area contributed by atoms with Gasteiger partial charge in [-0.05, 0) is 41.1 Å². The third-order valence-electron chi connectivity index (χ3n) is 4.88. The molecule has 0 saturated heterocycles. The van der Waals surface area contributed by atoms with Gasteiger partial charge in [-0.25, -0.2) is 14.8 Å². The van der Waals surface area contributed by atoms with Crippen molar-refractivity contribution in [3.05, 3.63) is 80.8 Å². The number of aromatic carboxylic acids is 1. The van der Waals surface area contributed by atoms with Crippen molar-refractivity contribution < 1.29 is 14.8 Å². The quantitative estimate of drug-likeness (QED) is 0.305. The topological polar surface area (TPSA) is 118 Å². The number of nitrogens with one attached hydrogen (secondary N) is 1. The molecule has 8 nitrogen and oxygen atoms in total. The summed E-state index contributed by atoms with van der Waals surface area (Å²) in [7, 11) is 0. The second-order valence-electron chi connectivity index (χ2n) is 6.87. The molecule has 0 atom stereocenters. The molecule has 0 aliphatic carbocycles. The highest BCUT2D eigenvalue weighted by atomic mass is 32.1. The largest absolute Gasteiger partial charge is 0.478 e. The molecule has 0 radical (unpaired) electrons. The normalized spacial score (nSPS) is 10.9. The van der Waals surface area contributed by atoms with Gasteiger partial charge in [-0.3, -0.25) is 10.1 Å². The first-order valence-corrected chi connectivity index (χ1v) is 10.4. The minimum atomic E-state index is -1.04. The average Bonchev–Trinajstić information content (AvgIpc) is 3.25. The number of aromatic nitrogens is 2. The molecule has 2 aromatic carbocycles. The summed E-state index contributed by atoms with van der Waals surface area (Å²) < 4.78 is 0. The molecular weight excluding hydrogens is 416 g/mol. The number of nitrogens with zero attached hydrogens (tertiary/aromatic N) is 3. The van der Waals surface area contributed by atoms with E-state index in [1.54, 1.807) is 30.5 Å². The zero-order chi connectivity index (χ0) is 22.0. The van der Waals surface area contributed by atoms with Gasteiger partial charge >= 0.3 is 5.97 Å². The Morgan fingerprint density at radius 3 is 2.84 bits per heavy atom. The Morgan fingerprint density at radius 2 is 2.10 bits per heavy atom. The van der Waals surface area contributed by atoms with Crippen molar-refractivity contribution in [3.63, 3.8) is 0 Å². The summed E-state index contributed by atoms with van der Waals surface area (Å²) in [6.07, 6.45) is 2.21. The van der Waals surface area contributed by atoms with E-state index < -0.39 is 10.9 Å². The lowest BCUT2D eigenvalue weighted by atomic mass is 9.97. The van der Waals surface area contributed by atoms with Crippen molar-refractivity contribution in [2.24, 2.45) is 0 Å². The van der Waals surface area contributed by atoms with Crippen LogP contribution < -0.4 is 5.32 Å². The summed E-state index contributed by atoms with van der Waals surface area (Å²) in [6, 6.07) is 11.8. The van der Waals surface area contributed by atoms with Crippen molar-refractivity contribution >= 4 is 38.9 Å². The summed E-state index contributed by atoms with van der Waals surface area (Å²) >= 11 is 1.47. The summed E-state index contributed by atoms with van der Waals surface area (Å²) in [5.41, 5.74) is 2.73. The molecule has 4 aromatic rings. The van der Waals surface area contributed by atoms with Gasteiger partial charge < -0.3 is 10.4 Å². The van der Waals surface area contributed by atoms with E-state index in [-0.39, 0.29) is 11.3 Å². The van der Waals surface area contributed by atoms with Crippen LogP contribution in [0.5, 0.6) is 0 Å². The van der Waals surface area contributed by atoms with Crippen molar-refractivity contribution in [2.75, 3.05) is 5.32 Å². The highest BCUT2D eigenvalue weighted by Crippen LogP contribution is 2.31. The van der Waals surface area contributed by atoms with E-state index in [1.165, 1.54) is 23.5 Å². The molecule has 0 spiro atoms. The second-order valence-corrected chi connectivity index (χ2v) is 7.77. The van der Waals surface area contributed by atoms with E-state index in [0.717, 1.165) is 15.8 Å². The van der Waals surface area contributed by atoms with Crippen molar-refractivity contribution in [3.8, 4) is 11.4 Å². The van der Waals surface area contributed by atoms with Crippen LogP contribution in [-0.2, 0) is 13.0 Å². The van der Waals surface area contributed by atoms with Crippen LogP contribution >= 0.6 is 11.3 Å². The van der Waals surface area contributed by atoms with Crippen LogP contribution in [0, 0.1) is 10.1 Å². The molecule has 156 valence electrons. The first-order valence-electron chi connectivity index (χ1n) is 9.54. The highest BCUT2D eigenvalue weighted by molar-refractivity contribution is 7.16. The van der Waals surface area contributed by atoms with Crippen LogP contribution in [0.25, 0.3) is 21.6 Å². The monoisotopic (exact) mass is 434 g/mol. The number of non-ortho nitro benzene ring substituents is 1. The number of anilines is 1. The van der Waals surface area contributed by atoms with Crippen LogP contribution in [0.1, 0.15) is 28.4 Å². The highest BCUT2D eigenvalue weighted by Gasteiger charge is 2.20. The van der Waals surface area contributed by atoms with Gasteiger partial charge in [0, 0.05) is 41.5 Å². The van der Waals surface area contributed by atoms with E-state index in [4.69, 9.17) is 0 Å². The van der Waals surface area contributed by atoms with E-state index in [2.05, 4.69) is 15.3 Å². The predicted molar refractivity (Wildman–Crippen MR) is 120 cm³/mol. The number of carbonyl (C=O) groups is 1. The number of carboxylic acids is 1. The van der Waals surface area contributed by atoms with Gasteiger partial charge in [0.05, 0.1) is 10.5 Å². The first-order chi connectivity index (χ1) is 15.0. The number of hydrogen-bond donors (Lipinski definition) is 2. The smallest absolute Gasteiger partial charge is 0.336 e. The number of rotatable bonds is 7. The van der Waals surface area contributed by atoms with Crippen LogP contribution in [0.2, 0.25) is 0 Å². The van der Waals surface area contributed by atoms with Gasteiger partial charge in [0.1, 0.15) is 4.83 Å². The van der Waals surface area contributed by atoms with Gasteiger partial charge in [-0.1, -0.05) is 19.1 Å². The first kappa shape index (κ1) is 20.4. The molecule has 0 fully saturated rings. The number of carboxylic acid groups (broad SMARTS) is 1. The zero-order valence-corrected chi connectivity index (χ0v) is 17.3. The summed E-state index contributed by atoms with van der Waals surface area (Å²) in [5.74, 6) is -0.687. The van der Waals surface area contributed by atoms with Gasteiger partial charge in [0.15, 0.2) is 5.82 Å². The lowest BCUT2D eigenvalue weighted by Gasteiger charge is -2.14. The molecule has 2 N–H and O–H groups in total. The van der Waals surface area contributed by atoms with Crippen LogP contribution in [-0.4, -0.2) is 26.0 Å². The minimum absolute atomic E-state index is 0.0214. The molecule has 0 bridgehead atoms. The fourth-order valence-corrected chi connectivity index (χ4v) is 4.12. The van der Waals surface area contributed by atoms with E-state index in [0.29, 0.717) is 35.6 Å². The maximum Gasteiger partial charge on any atom is 0.336 e. The molecular formula is C22H18N4O4S. The maximum absolute atomic E-state index is 12.0. The third-order valence-corrected chi connectivity index (χ3v) is 5.70. The Morgan fingerprint density at radius 1 is 1.26 bits per heavy atom. The number of hydrogen-bond acceptors (Lipinski definition) is 7. The number of fused-ring (bicyclic) bond motifs is 1. The van der Waals surface area contributed by atoms with Crippen molar-refractivity contribution in [1.29, 1.82) is 0 Å². The lowest BCUT2D eigenvalue weighted by Crippen LogP contribution is -2.08. The van der Waals surface area contributed by atoms with Crippen LogP contribution in [0.15, 0.2) is 54.0 Å². The summed E-state index contributed by atoms with van der Waals surface area (Å²) in [5, 5.41) is 26.9. The Hall–Kier alpha value is -3.85. The van der Waals surface area contributed by atoms with Gasteiger partial charge in [0.25, 0.3) is 5.69 Å². The van der Waals surface area contributed by atoms with Gasteiger partial charge in [-0.15, -0.1) is 11.3 Å². The van der Waals surface area contributed by atoms with Crippen molar-refractivity contribution in [2.45, 2.75) is 19.9 Å². The molecule has 0 aliphatic heterocycles. The zero-order valence-electron chi connectivity index (χ0n) is 16.5. The number of aryl methyl sites for hydroxylation is 1. The van der Waals surface area contributed by atoms with E-state index in [1.807, 2.05) is 18.4 Å². The lowest BCUT2D eigenvalue weighted by molar-refractivity contribution is -0.384. The number of nitro groups is 1. The number of nitro benzene ring substituents is 1. The number of thiophene rings is 1. The molecule has 2 heterocycles. The SMILES string of the molecule is CCc1cc(NCc2cccc([N+](=O)[O-])c2)cc(-c2ncc3ccsc3n2)c1C(=O)O. The maximum atomic E-state index is 12.0. The van der Waals surface area contributed by atoms with Gasteiger partial charge in [-0.2, -0.15) is 0 Å². The Bertz CT molecular complexity index is 1300. The molecule has 31 heavy (non-hydrogen) atoms. The van der Waals surface area contributed by atoms with E-state index >= 15 is 0 Å². The Labute approximate surface area is 181 Å². The standard InChI is InChI=1S/C22H18N4O4S/c1-2-14-9-16(23-11-13-4-3-5-17(8-13)26(29)30)10-18(19(14)22(27)28)20-24-12-15-6-7-31-21(15)25-20/h3-10,12,23H,2,11H2,1H3,(H,27,28).